The molecule has 1 fully saturated rings. The molecule has 0 unspecified atom stereocenters. The normalized spacial score (nSPS) is 16.8. The van der Waals surface area contributed by atoms with Gasteiger partial charge in [-0.3, -0.25) is 4.79 Å². The number of Topliss-reactive ketones (excluding diaryl/α,β-unsaturated/α-hetero) is 1. The van der Waals surface area contributed by atoms with Crippen molar-refractivity contribution < 1.29 is 13.6 Å². The highest BCUT2D eigenvalue weighted by Gasteiger charge is 2.26. The Morgan fingerprint density at radius 1 is 1.24 bits per heavy atom. The fourth-order valence-electron chi connectivity index (χ4n) is 2.52. The van der Waals surface area contributed by atoms with Crippen molar-refractivity contribution >= 4 is 16.8 Å². The molecule has 88 valence electrons. The SMILES string of the molecule is O=C(c1cc2cc(F)ccc2o1)C1CCCC1. The minimum Gasteiger partial charge on any atom is -0.453 e. The molecule has 2 aromatic rings. The highest BCUT2D eigenvalue weighted by Crippen LogP contribution is 2.30. The first-order valence-corrected chi connectivity index (χ1v) is 5.97. The van der Waals surface area contributed by atoms with E-state index < -0.39 is 0 Å². The summed E-state index contributed by atoms with van der Waals surface area (Å²) in [6, 6.07) is 5.95. The molecule has 1 aliphatic rings. The van der Waals surface area contributed by atoms with Crippen LogP contribution in [0.15, 0.2) is 28.7 Å². The molecule has 3 rings (SSSR count). The molecule has 0 saturated heterocycles. The van der Waals surface area contributed by atoms with Gasteiger partial charge >= 0.3 is 0 Å². The Hall–Kier alpha value is -1.64. The number of carbonyl (C=O) groups excluding carboxylic acids is 1. The van der Waals surface area contributed by atoms with Crippen LogP contribution in [0.3, 0.4) is 0 Å². The minimum absolute atomic E-state index is 0.0686. The van der Waals surface area contributed by atoms with Crippen molar-refractivity contribution in [2.75, 3.05) is 0 Å². The third-order valence-electron chi connectivity index (χ3n) is 3.45. The smallest absolute Gasteiger partial charge is 0.201 e. The summed E-state index contributed by atoms with van der Waals surface area (Å²) in [6.07, 6.45) is 4.13. The zero-order chi connectivity index (χ0) is 11.8. The number of hydrogen-bond acceptors (Lipinski definition) is 2. The van der Waals surface area contributed by atoms with Gasteiger partial charge in [-0.05, 0) is 37.1 Å². The van der Waals surface area contributed by atoms with E-state index in [1.54, 1.807) is 12.1 Å². The van der Waals surface area contributed by atoms with Gasteiger partial charge in [-0.1, -0.05) is 12.8 Å². The van der Waals surface area contributed by atoms with Gasteiger partial charge in [0, 0.05) is 11.3 Å². The van der Waals surface area contributed by atoms with E-state index in [0.29, 0.717) is 16.7 Å². The summed E-state index contributed by atoms with van der Waals surface area (Å²) >= 11 is 0. The predicted molar refractivity (Wildman–Crippen MR) is 62.5 cm³/mol. The van der Waals surface area contributed by atoms with Crippen LogP contribution >= 0.6 is 0 Å². The molecule has 1 heterocycles. The zero-order valence-electron chi connectivity index (χ0n) is 9.41. The van der Waals surface area contributed by atoms with Gasteiger partial charge in [0.05, 0.1) is 0 Å². The second-order valence-electron chi connectivity index (χ2n) is 4.64. The van der Waals surface area contributed by atoms with E-state index in [-0.39, 0.29) is 17.5 Å². The maximum atomic E-state index is 13.0. The highest BCUT2D eigenvalue weighted by atomic mass is 19.1. The Labute approximate surface area is 98.4 Å². The van der Waals surface area contributed by atoms with E-state index in [1.165, 1.54) is 12.1 Å². The maximum absolute atomic E-state index is 13.0. The van der Waals surface area contributed by atoms with Crippen LogP contribution < -0.4 is 0 Å². The quantitative estimate of drug-likeness (QED) is 0.734. The number of carbonyl (C=O) groups is 1. The largest absolute Gasteiger partial charge is 0.453 e. The molecule has 1 aromatic heterocycles. The fourth-order valence-corrected chi connectivity index (χ4v) is 2.52. The Morgan fingerprint density at radius 2 is 2.00 bits per heavy atom. The standard InChI is InChI=1S/C14H13FO2/c15-11-5-6-12-10(7-11)8-13(17-12)14(16)9-3-1-2-4-9/h5-9H,1-4H2. The molecule has 2 nitrogen and oxygen atoms in total. The lowest BCUT2D eigenvalue weighted by Crippen LogP contribution is -2.09. The summed E-state index contributed by atoms with van der Waals surface area (Å²) < 4.78 is 18.5. The molecule has 3 heteroatoms. The summed E-state index contributed by atoms with van der Waals surface area (Å²) in [5.74, 6) is 0.232. The number of halogens is 1. The highest BCUT2D eigenvalue weighted by molar-refractivity contribution is 5.99. The molecule has 1 aliphatic carbocycles. The molecule has 0 aliphatic heterocycles. The molecule has 0 atom stereocenters. The number of fused-ring (bicyclic) bond motifs is 1. The molecule has 0 spiro atoms. The van der Waals surface area contributed by atoms with Crippen molar-refractivity contribution in [3.8, 4) is 0 Å². The second-order valence-corrected chi connectivity index (χ2v) is 4.64. The molecule has 0 radical (unpaired) electrons. The molecular formula is C14H13FO2. The van der Waals surface area contributed by atoms with Gasteiger partial charge in [-0.25, -0.2) is 4.39 Å². The fraction of sp³-hybridized carbons (Fsp3) is 0.357. The lowest BCUT2D eigenvalue weighted by atomic mass is 10.0. The molecule has 0 N–H and O–H groups in total. The van der Waals surface area contributed by atoms with Crippen LogP contribution in [0.1, 0.15) is 36.2 Å². The van der Waals surface area contributed by atoms with E-state index in [0.717, 1.165) is 25.7 Å². The Bertz CT molecular complexity index is 565. The zero-order valence-corrected chi connectivity index (χ0v) is 9.41. The number of furan rings is 1. The van der Waals surface area contributed by atoms with Gasteiger partial charge < -0.3 is 4.42 Å². The van der Waals surface area contributed by atoms with E-state index in [2.05, 4.69) is 0 Å². The second kappa shape index (κ2) is 3.99. The first kappa shape index (κ1) is 10.5. The molecule has 0 amide bonds. The molecule has 0 bridgehead atoms. The van der Waals surface area contributed by atoms with Crippen LogP contribution in [0.5, 0.6) is 0 Å². The van der Waals surface area contributed by atoms with E-state index >= 15 is 0 Å². The van der Waals surface area contributed by atoms with Gasteiger partial charge in [-0.15, -0.1) is 0 Å². The molecule has 1 saturated carbocycles. The first-order valence-electron chi connectivity index (χ1n) is 5.97. The third-order valence-corrected chi connectivity index (χ3v) is 3.45. The molecule has 1 aromatic carbocycles. The van der Waals surface area contributed by atoms with Crippen LogP contribution in [0, 0.1) is 11.7 Å². The van der Waals surface area contributed by atoms with Crippen LogP contribution in [0.4, 0.5) is 4.39 Å². The van der Waals surface area contributed by atoms with Crippen molar-refractivity contribution in [3.63, 3.8) is 0 Å². The summed E-state index contributed by atoms with van der Waals surface area (Å²) in [6.45, 7) is 0. The van der Waals surface area contributed by atoms with Crippen LogP contribution in [-0.4, -0.2) is 5.78 Å². The average molecular weight is 232 g/mol. The Kier molecular flexibility index (Phi) is 2.46. The summed E-state index contributed by atoms with van der Waals surface area (Å²) in [7, 11) is 0. The summed E-state index contributed by atoms with van der Waals surface area (Å²) in [5.41, 5.74) is 0.577. The van der Waals surface area contributed by atoms with Crippen LogP contribution in [-0.2, 0) is 0 Å². The summed E-state index contributed by atoms with van der Waals surface area (Å²) in [4.78, 5) is 12.1. The number of hydrogen-bond donors (Lipinski definition) is 0. The molecular weight excluding hydrogens is 219 g/mol. The van der Waals surface area contributed by atoms with Crippen molar-refractivity contribution in [2.24, 2.45) is 5.92 Å². The number of benzene rings is 1. The first-order chi connectivity index (χ1) is 8.24. The maximum Gasteiger partial charge on any atom is 0.201 e. The topological polar surface area (TPSA) is 30.2 Å². The lowest BCUT2D eigenvalue weighted by molar-refractivity contribution is 0.0896. The van der Waals surface area contributed by atoms with E-state index in [1.807, 2.05) is 0 Å². The Morgan fingerprint density at radius 3 is 2.76 bits per heavy atom. The van der Waals surface area contributed by atoms with Gasteiger partial charge in [0.15, 0.2) is 5.76 Å². The minimum atomic E-state index is -0.307. The van der Waals surface area contributed by atoms with Crippen molar-refractivity contribution in [1.29, 1.82) is 0 Å². The lowest BCUT2D eigenvalue weighted by Gasteiger charge is -2.03. The van der Waals surface area contributed by atoms with Gasteiger partial charge in [0.2, 0.25) is 5.78 Å². The molecule has 17 heavy (non-hydrogen) atoms. The van der Waals surface area contributed by atoms with Crippen molar-refractivity contribution in [2.45, 2.75) is 25.7 Å². The Balaban J connectivity index is 1.97. The van der Waals surface area contributed by atoms with Crippen LogP contribution in [0.25, 0.3) is 11.0 Å². The van der Waals surface area contributed by atoms with Gasteiger partial charge in [0.25, 0.3) is 0 Å². The monoisotopic (exact) mass is 232 g/mol. The summed E-state index contributed by atoms with van der Waals surface area (Å²) in [5, 5.41) is 0.659. The average Bonchev–Trinajstić information content (AvgIpc) is 2.96. The van der Waals surface area contributed by atoms with Crippen molar-refractivity contribution in [1.82, 2.24) is 0 Å². The van der Waals surface area contributed by atoms with Gasteiger partial charge in [-0.2, -0.15) is 0 Å². The van der Waals surface area contributed by atoms with E-state index in [4.69, 9.17) is 4.42 Å². The third kappa shape index (κ3) is 1.86. The number of ketones is 1. The van der Waals surface area contributed by atoms with Crippen molar-refractivity contribution in [3.05, 3.63) is 35.8 Å². The van der Waals surface area contributed by atoms with Crippen LogP contribution in [0.2, 0.25) is 0 Å². The number of rotatable bonds is 2. The van der Waals surface area contributed by atoms with E-state index in [9.17, 15) is 9.18 Å². The predicted octanol–water partition coefficient (Wildman–Crippen LogP) is 3.94. The van der Waals surface area contributed by atoms with Gasteiger partial charge in [0.1, 0.15) is 11.4 Å².